The Balaban J connectivity index is 0.690. The monoisotopic (exact) mass is 1320 g/mol. The van der Waals surface area contributed by atoms with Crippen molar-refractivity contribution in [3.63, 3.8) is 0 Å². The lowest BCUT2D eigenvalue weighted by molar-refractivity contribution is 0.419. The first kappa shape index (κ1) is 62.2. The zero-order valence-electron chi connectivity index (χ0n) is 58.5. The number of hydrogen-bond acceptors (Lipinski definition) is 6. The second kappa shape index (κ2) is 23.8. The van der Waals surface area contributed by atoms with Gasteiger partial charge in [0.2, 0.25) is 0 Å². The normalized spacial score (nSPS) is 14.7. The third-order valence-corrected chi connectivity index (χ3v) is 22.2. The van der Waals surface area contributed by atoms with Gasteiger partial charge in [0.15, 0.2) is 0 Å². The molecule has 102 heavy (non-hydrogen) atoms. The Morgan fingerprint density at radius 1 is 0.176 bits per heavy atom. The van der Waals surface area contributed by atoms with Crippen molar-refractivity contribution < 1.29 is 18.9 Å². The fourth-order valence-electron chi connectivity index (χ4n) is 16.4. The molecule has 0 amide bonds. The van der Waals surface area contributed by atoms with E-state index in [1.54, 1.807) is 0 Å². The molecule has 14 aromatic carbocycles. The molecule has 6 nitrogen and oxygen atoms in total. The SMILES string of the molecule is CC1(C)c2ccccc2Oc2c(-c3ccc(N(c4ccc(-c5ccc(N(c6ccc(-c7cccc8c7Oc7ccccc7C8(C)C)cc6)c6ccc(-c7cccc8c7Oc7ccccc7C8(C)C)cc6)cc5)cc4)c4ccc(-c5cccc6c5Oc5ccccc5C6(C)C)cc4)cc3)cccc21. The van der Waals surface area contributed by atoms with Crippen molar-refractivity contribution >= 4 is 34.1 Å². The third kappa shape index (κ3) is 10.1. The first-order valence-electron chi connectivity index (χ1n) is 35.4. The van der Waals surface area contributed by atoms with Crippen molar-refractivity contribution in [2.24, 2.45) is 0 Å². The number of fused-ring (bicyclic) bond motifs is 8. The van der Waals surface area contributed by atoms with Gasteiger partial charge in [0.05, 0.1) is 0 Å². The second-order valence-corrected chi connectivity index (χ2v) is 29.6. The minimum atomic E-state index is -0.232. The Labute approximate surface area is 598 Å². The Morgan fingerprint density at radius 2 is 0.353 bits per heavy atom. The van der Waals surface area contributed by atoms with Crippen molar-refractivity contribution in [2.75, 3.05) is 9.80 Å². The maximum Gasteiger partial charge on any atom is 0.139 e. The molecule has 0 saturated heterocycles. The van der Waals surface area contributed by atoms with E-state index in [4.69, 9.17) is 18.9 Å². The van der Waals surface area contributed by atoms with Gasteiger partial charge in [0.1, 0.15) is 46.0 Å². The van der Waals surface area contributed by atoms with E-state index in [0.29, 0.717) is 0 Å². The smallest absolute Gasteiger partial charge is 0.139 e. The number of nitrogens with zero attached hydrogens (tertiary/aromatic N) is 2. The molecule has 0 N–H and O–H groups in total. The van der Waals surface area contributed by atoms with Crippen LogP contribution in [0, 0.1) is 0 Å². The number of benzene rings is 14. The predicted molar refractivity (Wildman–Crippen MR) is 418 cm³/mol. The zero-order valence-corrected chi connectivity index (χ0v) is 58.5. The van der Waals surface area contributed by atoms with Crippen molar-refractivity contribution in [2.45, 2.75) is 77.0 Å². The highest BCUT2D eigenvalue weighted by atomic mass is 16.5. The van der Waals surface area contributed by atoms with Gasteiger partial charge in [-0.1, -0.05) is 274 Å². The lowest BCUT2D eigenvalue weighted by atomic mass is 9.75. The summed E-state index contributed by atoms with van der Waals surface area (Å²) < 4.78 is 27.2. The number of ether oxygens (including phenoxy) is 4. The fourth-order valence-corrected chi connectivity index (χ4v) is 16.4. The van der Waals surface area contributed by atoms with Crippen LogP contribution in [0.25, 0.3) is 55.6 Å². The Hall–Kier alpha value is -12.1. The summed E-state index contributed by atoms with van der Waals surface area (Å²) in [6.45, 7) is 18.3. The van der Waals surface area contributed by atoms with Crippen LogP contribution in [-0.4, -0.2) is 0 Å². The summed E-state index contributed by atoms with van der Waals surface area (Å²) in [5.74, 6) is 7.22. The standard InChI is InChI=1S/C96H76N2O4/c1-93(2)77-25-9-13-33-85(77)99-89-73(21-17-29-81(89)93)63-41-53-69(54-42-63)97(70-55-43-64(44-56-70)74-22-18-30-82-90(74)100-86-34-14-10-26-78(86)94(82,3)4)67-49-37-61(38-50-67)62-39-51-68(52-40-62)98(71-57-45-65(46-58-71)75-23-19-31-83-91(75)101-87-35-15-11-27-79(87)95(83,5)6)72-59-47-66(48-60-72)76-24-20-32-84-92(76)102-88-36-16-12-28-80(88)96(84,7)8/h9-60H,1-8H3. The molecule has 4 aliphatic rings. The molecular formula is C96H76N2O4. The molecular weight excluding hydrogens is 1250 g/mol. The summed E-state index contributed by atoms with van der Waals surface area (Å²) in [5.41, 5.74) is 25.5. The summed E-state index contributed by atoms with van der Waals surface area (Å²) in [6, 6.07) is 113. The third-order valence-electron chi connectivity index (χ3n) is 22.2. The van der Waals surface area contributed by atoms with Crippen LogP contribution in [0.15, 0.2) is 315 Å². The molecule has 0 saturated carbocycles. The van der Waals surface area contributed by atoms with Gasteiger partial charge < -0.3 is 28.7 Å². The van der Waals surface area contributed by atoms with Gasteiger partial charge >= 0.3 is 0 Å². The zero-order chi connectivity index (χ0) is 69.2. The van der Waals surface area contributed by atoms with Crippen molar-refractivity contribution in [3.8, 4) is 102 Å². The van der Waals surface area contributed by atoms with Gasteiger partial charge in [-0.15, -0.1) is 0 Å². The summed E-state index contributed by atoms with van der Waals surface area (Å²) in [7, 11) is 0. The molecule has 0 bridgehead atoms. The number of para-hydroxylation sites is 8. The minimum Gasteiger partial charge on any atom is -0.456 e. The molecule has 4 heterocycles. The molecule has 0 atom stereocenters. The summed E-state index contributed by atoms with van der Waals surface area (Å²) >= 11 is 0. The van der Waals surface area contributed by atoms with Gasteiger partial charge in [-0.05, 0) is 130 Å². The molecule has 0 radical (unpaired) electrons. The van der Waals surface area contributed by atoms with Crippen LogP contribution in [0.3, 0.4) is 0 Å². The van der Waals surface area contributed by atoms with E-state index in [2.05, 4.69) is 381 Å². The van der Waals surface area contributed by atoms with E-state index in [-0.39, 0.29) is 21.7 Å². The average molecular weight is 1320 g/mol. The minimum absolute atomic E-state index is 0.232. The first-order chi connectivity index (χ1) is 49.6. The van der Waals surface area contributed by atoms with Crippen LogP contribution in [-0.2, 0) is 21.7 Å². The Morgan fingerprint density at radius 3 is 0.559 bits per heavy atom. The van der Waals surface area contributed by atoms with Crippen LogP contribution < -0.4 is 28.7 Å². The fraction of sp³-hybridized carbons (Fsp3) is 0.125. The molecule has 0 spiro atoms. The van der Waals surface area contributed by atoms with Crippen LogP contribution >= 0.6 is 0 Å². The lowest BCUT2D eigenvalue weighted by Crippen LogP contribution is -2.24. The molecule has 0 unspecified atom stereocenters. The first-order valence-corrected chi connectivity index (χ1v) is 35.4. The van der Waals surface area contributed by atoms with Gasteiger partial charge in [-0.2, -0.15) is 0 Å². The van der Waals surface area contributed by atoms with Crippen LogP contribution in [0.1, 0.15) is 99.9 Å². The van der Waals surface area contributed by atoms with Gasteiger partial charge in [-0.25, -0.2) is 0 Å². The van der Waals surface area contributed by atoms with Gasteiger partial charge in [0, 0.05) is 123 Å². The highest BCUT2D eigenvalue weighted by Gasteiger charge is 2.40. The molecule has 494 valence electrons. The van der Waals surface area contributed by atoms with E-state index in [1.807, 2.05) is 0 Å². The van der Waals surface area contributed by atoms with Crippen molar-refractivity contribution in [3.05, 3.63) is 360 Å². The van der Waals surface area contributed by atoms with Crippen molar-refractivity contribution in [1.82, 2.24) is 0 Å². The molecule has 0 fully saturated rings. The van der Waals surface area contributed by atoms with E-state index in [9.17, 15) is 0 Å². The quantitative estimate of drug-likeness (QED) is 0.129. The topological polar surface area (TPSA) is 43.4 Å². The summed E-state index contributed by atoms with van der Waals surface area (Å²) in [4.78, 5) is 4.69. The molecule has 0 aromatic heterocycles. The van der Waals surface area contributed by atoms with Crippen LogP contribution in [0.5, 0.6) is 46.0 Å². The molecule has 18 rings (SSSR count). The van der Waals surface area contributed by atoms with E-state index < -0.39 is 0 Å². The highest BCUT2D eigenvalue weighted by molar-refractivity contribution is 5.87. The van der Waals surface area contributed by atoms with E-state index in [1.165, 1.54) is 44.5 Å². The number of hydrogen-bond donors (Lipinski definition) is 0. The molecule has 4 aliphatic heterocycles. The maximum absolute atomic E-state index is 6.79. The predicted octanol–water partition coefficient (Wildman–Crippen LogP) is 26.7. The van der Waals surface area contributed by atoms with Gasteiger partial charge in [0.25, 0.3) is 0 Å². The number of rotatable bonds is 11. The Bertz CT molecular complexity index is 4960. The van der Waals surface area contributed by atoms with E-state index in [0.717, 1.165) is 136 Å². The van der Waals surface area contributed by atoms with Crippen LogP contribution in [0.2, 0.25) is 0 Å². The largest absolute Gasteiger partial charge is 0.456 e. The summed E-state index contributed by atoms with van der Waals surface area (Å²) in [5, 5.41) is 0. The average Bonchev–Trinajstić information content (AvgIpc) is 0.755. The van der Waals surface area contributed by atoms with Crippen molar-refractivity contribution in [1.29, 1.82) is 0 Å². The number of anilines is 6. The second-order valence-electron chi connectivity index (χ2n) is 29.6. The van der Waals surface area contributed by atoms with Crippen LogP contribution in [0.4, 0.5) is 34.1 Å². The molecule has 0 aliphatic carbocycles. The highest BCUT2D eigenvalue weighted by Crippen LogP contribution is 2.57. The molecule has 14 aromatic rings. The summed E-state index contributed by atoms with van der Waals surface area (Å²) in [6.07, 6.45) is 0. The van der Waals surface area contributed by atoms with E-state index >= 15 is 0 Å². The lowest BCUT2D eigenvalue weighted by Gasteiger charge is -2.35. The van der Waals surface area contributed by atoms with Gasteiger partial charge in [-0.3, -0.25) is 0 Å². The molecule has 6 heteroatoms. The Kier molecular flexibility index (Phi) is 14.5. The maximum atomic E-state index is 6.79.